The summed E-state index contributed by atoms with van der Waals surface area (Å²) in [5.41, 5.74) is 5.12. The van der Waals surface area contributed by atoms with Gasteiger partial charge in [-0.15, -0.1) is 0 Å². The molecule has 0 spiro atoms. The molecule has 5 heteroatoms. The number of ether oxygens (including phenoxy) is 1. The second kappa shape index (κ2) is 7.70. The third kappa shape index (κ3) is 4.00. The molecule has 0 aliphatic heterocycles. The first kappa shape index (κ1) is 17.5. The van der Waals surface area contributed by atoms with Crippen molar-refractivity contribution in [2.75, 3.05) is 17.7 Å². The third-order valence-corrected chi connectivity index (χ3v) is 4.02. The zero-order chi connectivity index (χ0) is 18.5. The Hall–Kier alpha value is -3.34. The summed E-state index contributed by atoms with van der Waals surface area (Å²) in [5, 5.41) is 6.15. The van der Waals surface area contributed by atoms with Crippen LogP contribution in [0.1, 0.15) is 21.6 Å². The van der Waals surface area contributed by atoms with E-state index in [1.807, 2.05) is 32.0 Å². The van der Waals surface area contributed by atoms with Crippen LogP contribution >= 0.6 is 0 Å². The number of nitrogens with zero attached hydrogens (tertiary/aromatic N) is 1. The highest BCUT2D eigenvalue weighted by atomic mass is 16.5. The number of anilines is 3. The molecule has 5 nitrogen and oxygen atoms in total. The van der Waals surface area contributed by atoms with Crippen LogP contribution in [0.4, 0.5) is 17.1 Å². The number of hydrogen-bond donors (Lipinski definition) is 2. The predicted octanol–water partition coefficient (Wildman–Crippen LogP) is 4.70. The standard InChI is InChI=1S/C21H21N3O2/c1-14-8-9-15(2)19(12-14)23-16-10-11-18(22-13-16)21(25)24-17-6-4-5-7-20(17)26-3/h4-13,23H,1-3H3,(H,24,25). The van der Waals surface area contributed by atoms with Gasteiger partial charge in [-0.3, -0.25) is 4.79 Å². The Labute approximate surface area is 153 Å². The second-order valence-electron chi connectivity index (χ2n) is 6.03. The van der Waals surface area contributed by atoms with Crippen LogP contribution in [0.15, 0.2) is 60.8 Å². The summed E-state index contributed by atoms with van der Waals surface area (Å²) in [4.78, 5) is 16.7. The molecule has 0 aliphatic carbocycles. The molecule has 2 N–H and O–H groups in total. The number of para-hydroxylation sites is 2. The van der Waals surface area contributed by atoms with Crippen molar-refractivity contribution in [2.45, 2.75) is 13.8 Å². The highest BCUT2D eigenvalue weighted by Gasteiger charge is 2.10. The number of aryl methyl sites for hydroxylation is 2. The van der Waals surface area contributed by atoms with Gasteiger partial charge in [0.2, 0.25) is 0 Å². The van der Waals surface area contributed by atoms with Crippen molar-refractivity contribution < 1.29 is 9.53 Å². The van der Waals surface area contributed by atoms with E-state index in [0.29, 0.717) is 17.1 Å². The minimum absolute atomic E-state index is 0.284. The van der Waals surface area contributed by atoms with Crippen LogP contribution in [-0.4, -0.2) is 18.0 Å². The number of nitrogens with one attached hydrogen (secondary N) is 2. The van der Waals surface area contributed by atoms with Crippen molar-refractivity contribution >= 4 is 23.0 Å². The van der Waals surface area contributed by atoms with Gasteiger partial charge < -0.3 is 15.4 Å². The molecule has 3 aromatic rings. The third-order valence-electron chi connectivity index (χ3n) is 4.02. The molecule has 1 amide bonds. The second-order valence-corrected chi connectivity index (χ2v) is 6.03. The Morgan fingerprint density at radius 3 is 2.54 bits per heavy atom. The molecule has 0 fully saturated rings. The van der Waals surface area contributed by atoms with Gasteiger partial charge >= 0.3 is 0 Å². The minimum atomic E-state index is -0.284. The van der Waals surface area contributed by atoms with Crippen LogP contribution < -0.4 is 15.4 Å². The highest BCUT2D eigenvalue weighted by molar-refractivity contribution is 6.03. The average Bonchev–Trinajstić information content (AvgIpc) is 2.65. The lowest BCUT2D eigenvalue weighted by atomic mass is 10.1. The lowest BCUT2D eigenvalue weighted by molar-refractivity contribution is 0.102. The lowest BCUT2D eigenvalue weighted by Crippen LogP contribution is -2.14. The summed E-state index contributed by atoms with van der Waals surface area (Å²) in [6.07, 6.45) is 1.65. The maximum atomic E-state index is 12.4. The van der Waals surface area contributed by atoms with Crippen molar-refractivity contribution in [3.05, 3.63) is 77.6 Å². The number of methoxy groups -OCH3 is 1. The fourth-order valence-electron chi connectivity index (χ4n) is 2.56. The number of aromatic nitrogens is 1. The summed E-state index contributed by atoms with van der Waals surface area (Å²) in [7, 11) is 1.57. The fourth-order valence-corrected chi connectivity index (χ4v) is 2.56. The molecule has 0 atom stereocenters. The summed E-state index contributed by atoms with van der Waals surface area (Å²) < 4.78 is 5.24. The summed E-state index contributed by atoms with van der Waals surface area (Å²) >= 11 is 0. The Bertz CT molecular complexity index is 921. The predicted molar refractivity (Wildman–Crippen MR) is 104 cm³/mol. The van der Waals surface area contributed by atoms with E-state index in [4.69, 9.17) is 4.74 Å². The van der Waals surface area contributed by atoms with E-state index >= 15 is 0 Å². The van der Waals surface area contributed by atoms with Crippen LogP contribution in [0, 0.1) is 13.8 Å². The number of amides is 1. The lowest BCUT2D eigenvalue weighted by Gasteiger charge is -2.11. The van der Waals surface area contributed by atoms with Crippen LogP contribution in [-0.2, 0) is 0 Å². The maximum Gasteiger partial charge on any atom is 0.274 e. The van der Waals surface area contributed by atoms with Crippen LogP contribution in [0.25, 0.3) is 0 Å². The van der Waals surface area contributed by atoms with Gasteiger partial charge in [-0.2, -0.15) is 0 Å². The molecule has 0 unspecified atom stereocenters. The Morgan fingerprint density at radius 1 is 1.00 bits per heavy atom. The minimum Gasteiger partial charge on any atom is -0.495 e. The van der Waals surface area contributed by atoms with E-state index in [1.165, 1.54) is 5.56 Å². The molecule has 0 aliphatic rings. The van der Waals surface area contributed by atoms with Crippen LogP contribution in [0.3, 0.4) is 0 Å². The smallest absolute Gasteiger partial charge is 0.274 e. The molecule has 0 saturated heterocycles. The van der Waals surface area contributed by atoms with Gasteiger partial charge in [0.05, 0.1) is 24.7 Å². The first-order valence-corrected chi connectivity index (χ1v) is 8.31. The molecule has 132 valence electrons. The number of carbonyl (C=O) groups is 1. The molecule has 0 bridgehead atoms. The Balaban J connectivity index is 1.73. The Kier molecular flexibility index (Phi) is 5.17. The Morgan fingerprint density at radius 2 is 1.81 bits per heavy atom. The summed E-state index contributed by atoms with van der Waals surface area (Å²) in [6, 6.07) is 17.0. The molecule has 2 aromatic carbocycles. The van der Waals surface area contributed by atoms with Crippen molar-refractivity contribution in [3.63, 3.8) is 0 Å². The summed E-state index contributed by atoms with van der Waals surface area (Å²) in [6.45, 7) is 4.10. The quantitative estimate of drug-likeness (QED) is 0.702. The van der Waals surface area contributed by atoms with Gasteiger partial charge in [-0.05, 0) is 55.3 Å². The number of benzene rings is 2. The van der Waals surface area contributed by atoms with Gasteiger partial charge in [0.25, 0.3) is 5.91 Å². The topological polar surface area (TPSA) is 63.2 Å². The van der Waals surface area contributed by atoms with Crippen molar-refractivity contribution in [1.29, 1.82) is 0 Å². The molecule has 0 radical (unpaired) electrons. The average molecular weight is 347 g/mol. The van der Waals surface area contributed by atoms with Gasteiger partial charge in [0.1, 0.15) is 11.4 Å². The van der Waals surface area contributed by atoms with E-state index in [2.05, 4.69) is 33.8 Å². The van der Waals surface area contributed by atoms with Gasteiger partial charge in [-0.25, -0.2) is 4.98 Å². The SMILES string of the molecule is COc1ccccc1NC(=O)c1ccc(Nc2cc(C)ccc2C)cn1. The van der Waals surface area contributed by atoms with Crippen molar-refractivity contribution in [1.82, 2.24) is 4.98 Å². The van der Waals surface area contributed by atoms with Gasteiger partial charge in [0, 0.05) is 5.69 Å². The molecule has 1 aromatic heterocycles. The zero-order valence-electron chi connectivity index (χ0n) is 15.0. The number of pyridine rings is 1. The van der Waals surface area contributed by atoms with E-state index in [9.17, 15) is 4.79 Å². The van der Waals surface area contributed by atoms with Crippen LogP contribution in [0.5, 0.6) is 5.75 Å². The molecule has 0 saturated carbocycles. The first-order chi connectivity index (χ1) is 12.6. The maximum absolute atomic E-state index is 12.4. The molecular weight excluding hydrogens is 326 g/mol. The number of carbonyl (C=O) groups excluding carboxylic acids is 1. The normalized spacial score (nSPS) is 10.3. The van der Waals surface area contributed by atoms with E-state index in [1.54, 1.807) is 31.5 Å². The molecular formula is C21H21N3O2. The fraction of sp³-hybridized carbons (Fsp3) is 0.143. The van der Waals surface area contributed by atoms with Gasteiger partial charge in [-0.1, -0.05) is 24.3 Å². The van der Waals surface area contributed by atoms with Crippen LogP contribution in [0.2, 0.25) is 0 Å². The van der Waals surface area contributed by atoms with Gasteiger partial charge in [0.15, 0.2) is 0 Å². The highest BCUT2D eigenvalue weighted by Crippen LogP contribution is 2.24. The molecule has 1 heterocycles. The molecule has 3 rings (SSSR count). The van der Waals surface area contributed by atoms with E-state index < -0.39 is 0 Å². The van der Waals surface area contributed by atoms with Crippen molar-refractivity contribution in [3.8, 4) is 5.75 Å². The van der Waals surface area contributed by atoms with E-state index in [0.717, 1.165) is 16.9 Å². The van der Waals surface area contributed by atoms with E-state index in [-0.39, 0.29) is 5.91 Å². The zero-order valence-corrected chi connectivity index (χ0v) is 15.0. The largest absolute Gasteiger partial charge is 0.495 e. The first-order valence-electron chi connectivity index (χ1n) is 8.31. The number of hydrogen-bond acceptors (Lipinski definition) is 4. The molecule has 26 heavy (non-hydrogen) atoms. The monoisotopic (exact) mass is 347 g/mol. The number of rotatable bonds is 5. The summed E-state index contributed by atoms with van der Waals surface area (Å²) in [5.74, 6) is 0.321. The van der Waals surface area contributed by atoms with Crippen molar-refractivity contribution in [2.24, 2.45) is 0 Å².